The maximum absolute atomic E-state index is 11.2. The smallest absolute Gasteiger partial charge is 0.134 e. The Morgan fingerprint density at radius 1 is 1.11 bits per heavy atom. The van der Waals surface area contributed by atoms with Crippen molar-refractivity contribution in [3.05, 3.63) is 77.9 Å². The fourth-order valence-corrected chi connectivity index (χ4v) is 4.35. The molecule has 2 aromatic carbocycles. The molecule has 2 heterocycles. The van der Waals surface area contributed by atoms with E-state index in [0.717, 1.165) is 48.8 Å². The van der Waals surface area contributed by atoms with Crippen LogP contribution in [0.4, 0.5) is 0 Å². The largest absolute Gasteiger partial charge is 0.494 e. The lowest BCUT2D eigenvalue weighted by molar-refractivity contribution is -0.0646. The summed E-state index contributed by atoms with van der Waals surface area (Å²) in [5.41, 5.74) is 1.25. The Kier molecular flexibility index (Phi) is 8.79. The van der Waals surface area contributed by atoms with Gasteiger partial charge in [-0.15, -0.1) is 0 Å². The molecule has 1 N–H and O–H groups in total. The van der Waals surface area contributed by atoms with Gasteiger partial charge in [-0.3, -0.25) is 4.90 Å². The van der Waals surface area contributed by atoms with Gasteiger partial charge in [0.05, 0.1) is 19.8 Å². The summed E-state index contributed by atoms with van der Waals surface area (Å²) in [7, 11) is 0. The third kappa shape index (κ3) is 7.56. The standard InChI is InChI=1S/C28H37N3O4/c1-3-27-29-12-14-31(27)13-5-16-34-26-7-4-6-24(18-26)19-30-15-17-33-21-28(32,20-30)22-35-25-10-8-23(2)9-11-25/h4,6-12,14,18,32H,3,5,13,15-17,19-22H2,1-2H3/t28-/m0/s1. The van der Waals surface area contributed by atoms with Crippen LogP contribution in [0.15, 0.2) is 60.9 Å². The SMILES string of the molecule is CCc1nccn1CCCOc1cccc(CN2CCOC[C@](O)(COc3ccc(C)cc3)C2)c1. The highest BCUT2D eigenvalue weighted by atomic mass is 16.5. The van der Waals surface area contributed by atoms with Crippen LogP contribution in [0, 0.1) is 6.92 Å². The van der Waals surface area contributed by atoms with Crippen molar-refractivity contribution in [2.24, 2.45) is 0 Å². The molecule has 3 aromatic rings. The van der Waals surface area contributed by atoms with Gasteiger partial charge in [-0.25, -0.2) is 4.98 Å². The predicted molar refractivity (Wildman–Crippen MR) is 136 cm³/mol. The van der Waals surface area contributed by atoms with Crippen molar-refractivity contribution < 1.29 is 19.3 Å². The van der Waals surface area contributed by atoms with E-state index >= 15 is 0 Å². The second kappa shape index (κ2) is 12.2. The van der Waals surface area contributed by atoms with E-state index in [1.807, 2.05) is 55.7 Å². The number of nitrogens with zero attached hydrogens (tertiary/aromatic N) is 3. The molecule has 7 heteroatoms. The lowest BCUT2D eigenvalue weighted by Gasteiger charge is -2.30. The average Bonchev–Trinajstić information content (AvgIpc) is 3.24. The van der Waals surface area contributed by atoms with Gasteiger partial charge in [0.1, 0.15) is 29.5 Å². The van der Waals surface area contributed by atoms with E-state index in [1.54, 1.807) is 0 Å². The Balaban J connectivity index is 1.28. The first kappa shape index (κ1) is 25.2. The number of hydrogen-bond donors (Lipinski definition) is 1. The monoisotopic (exact) mass is 479 g/mol. The highest BCUT2D eigenvalue weighted by Gasteiger charge is 2.33. The first-order valence-corrected chi connectivity index (χ1v) is 12.5. The topological polar surface area (TPSA) is 69.0 Å². The summed E-state index contributed by atoms with van der Waals surface area (Å²) in [5.74, 6) is 2.73. The van der Waals surface area contributed by atoms with E-state index in [-0.39, 0.29) is 13.2 Å². The van der Waals surface area contributed by atoms with E-state index in [1.165, 1.54) is 5.56 Å². The normalized spacial score (nSPS) is 18.8. The van der Waals surface area contributed by atoms with Crippen molar-refractivity contribution in [3.63, 3.8) is 0 Å². The number of aliphatic hydroxyl groups is 1. The molecule has 4 rings (SSSR count). The van der Waals surface area contributed by atoms with E-state index in [9.17, 15) is 5.11 Å². The fourth-order valence-electron chi connectivity index (χ4n) is 4.35. The number of imidazole rings is 1. The molecule has 7 nitrogen and oxygen atoms in total. The zero-order valence-corrected chi connectivity index (χ0v) is 20.9. The fraction of sp³-hybridized carbons (Fsp3) is 0.464. The molecule has 0 spiro atoms. The maximum Gasteiger partial charge on any atom is 0.134 e. The van der Waals surface area contributed by atoms with Crippen molar-refractivity contribution in [2.45, 2.75) is 45.4 Å². The Bertz CT molecular complexity index is 1050. The number of hydrogen-bond acceptors (Lipinski definition) is 6. The molecule has 35 heavy (non-hydrogen) atoms. The number of rotatable bonds is 11. The minimum atomic E-state index is -1.07. The van der Waals surface area contributed by atoms with Gasteiger partial charge in [0.2, 0.25) is 0 Å². The number of aromatic nitrogens is 2. The summed E-state index contributed by atoms with van der Waals surface area (Å²) in [6, 6.07) is 16.1. The molecule has 1 aromatic heterocycles. The molecule has 0 radical (unpaired) electrons. The summed E-state index contributed by atoms with van der Waals surface area (Å²) in [4.78, 5) is 6.59. The maximum atomic E-state index is 11.2. The zero-order valence-electron chi connectivity index (χ0n) is 20.9. The highest BCUT2D eigenvalue weighted by molar-refractivity contribution is 5.29. The second-order valence-electron chi connectivity index (χ2n) is 9.33. The zero-order chi connectivity index (χ0) is 24.5. The van der Waals surface area contributed by atoms with Gasteiger partial charge in [-0.05, 0) is 43.2 Å². The van der Waals surface area contributed by atoms with Crippen LogP contribution >= 0.6 is 0 Å². The first-order chi connectivity index (χ1) is 17.0. The predicted octanol–water partition coefficient (Wildman–Crippen LogP) is 3.87. The average molecular weight is 480 g/mol. The number of ether oxygens (including phenoxy) is 3. The van der Waals surface area contributed by atoms with Crippen LogP contribution in [-0.4, -0.2) is 64.7 Å². The van der Waals surface area contributed by atoms with E-state index in [2.05, 4.69) is 33.5 Å². The van der Waals surface area contributed by atoms with Gasteiger partial charge in [0.25, 0.3) is 0 Å². The van der Waals surface area contributed by atoms with Crippen LogP contribution in [0.3, 0.4) is 0 Å². The van der Waals surface area contributed by atoms with Crippen LogP contribution in [0.25, 0.3) is 0 Å². The van der Waals surface area contributed by atoms with E-state index < -0.39 is 5.60 Å². The minimum Gasteiger partial charge on any atom is -0.494 e. The molecule has 0 bridgehead atoms. The van der Waals surface area contributed by atoms with Gasteiger partial charge in [0, 0.05) is 45.0 Å². The third-order valence-corrected chi connectivity index (χ3v) is 6.20. The van der Waals surface area contributed by atoms with Gasteiger partial charge < -0.3 is 23.9 Å². The number of β-amino-alcohol motifs (C(OH)–C–C–N with tert-alkyl or cyclic N) is 1. The first-order valence-electron chi connectivity index (χ1n) is 12.5. The molecule has 0 amide bonds. The Morgan fingerprint density at radius 3 is 2.80 bits per heavy atom. The second-order valence-corrected chi connectivity index (χ2v) is 9.33. The molecule has 0 unspecified atom stereocenters. The lowest BCUT2D eigenvalue weighted by atomic mass is 10.1. The Morgan fingerprint density at radius 2 is 1.97 bits per heavy atom. The van der Waals surface area contributed by atoms with Crippen molar-refractivity contribution in [3.8, 4) is 11.5 Å². The molecular weight excluding hydrogens is 442 g/mol. The summed E-state index contributed by atoms with van der Waals surface area (Å²) >= 11 is 0. The summed E-state index contributed by atoms with van der Waals surface area (Å²) in [5, 5.41) is 11.2. The Hall–Kier alpha value is -2.87. The van der Waals surface area contributed by atoms with Crippen LogP contribution in [-0.2, 0) is 24.2 Å². The number of benzene rings is 2. The van der Waals surface area contributed by atoms with E-state index in [4.69, 9.17) is 14.2 Å². The quantitative estimate of drug-likeness (QED) is 0.421. The van der Waals surface area contributed by atoms with Crippen molar-refractivity contribution >= 4 is 0 Å². The van der Waals surface area contributed by atoms with Gasteiger partial charge in [0.15, 0.2) is 0 Å². The van der Waals surface area contributed by atoms with Crippen molar-refractivity contribution in [1.82, 2.24) is 14.5 Å². The van der Waals surface area contributed by atoms with Gasteiger partial charge in [-0.2, -0.15) is 0 Å². The molecular formula is C28H37N3O4. The minimum absolute atomic E-state index is 0.187. The molecule has 188 valence electrons. The van der Waals surface area contributed by atoms with Crippen molar-refractivity contribution in [1.29, 1.82) is 0 Å². The van der Waals surface area contributed by atoms with Crippen LogP contribution in [0.1, 0.15) is 30.3 Å². The molecule has 1 aliphatic heterocycles. The molecule has 0 aliphatic carbocycles. The van der Waals surface area contributed by atoms with Crippen LogP contribution in [0.5, 0.6) is 11.5 Å². The van der Waals surface area contributed by atoms with Gasteiger partial charge in [-0.1, -0.05) is 36.8 Å². The highest BCUT2D eigenvalue weighted by Crippen LogP contribution is 2.20. The molecule has 0 saturated carbocycles. The Labute approximate surface area is 208 Å². The number of aryl methyl sites for hydroxylation is 3. The van der Waals surface area contributed by atoms with E-state index in [0.29, 0.717) is 26.3 Å². The summed E-state index contributed by atoms with van der Waals surface area (Å²) < 4.78 is 19.8. The molecule has 1 fully saturated rings. The van der Waals surface area contributed by atoms with Crippen LogP contribution < -0.4 is 9.47 Å². The van der Waals surface area contributed by atoms with Crippen molar-refractivity contribution in [2.75, 3.05) is 39.5 Å². The summed E-state index contributed by atoms with van der Waals surface area (Å²) in [6.07, 6.45) is 5.74. The third-order valence-electron chi connectivity index (χ3n) is 6.20. The van der Waals surface area contributed by atoms with Gasteiger partial charge >= 0.3 is 0 Å². The van der Waals surface area contributed by atoms with Crippen LogP contribution in [0.2, 0.25) is 0 Å². The molecule has 1 aliphatic rings. The molecule has 1 atom stereocenters. The lowest BCUT2D eigenvalue weighted by Crippen LogP contribution is -2.48. The summed E-state index contributed by atoms with van der Waals surface area (Å²) in [6.45, 7) is 8.68. The molecule has 1 saturated heterocycles.